The van der Waals surface area contributed by atoms with Gasteiger partial charge in [-0.3, -0.25) is 0 Å². The summed E-state index contributed by atoms with van der Waals surface area (Å²) >= 11 is 0. The number of rotatable bonds is 6. The van der Waals surface area contributed by atoms with Gasteiger partial charge in [-0.05, 0) is 67.1 Å². The molecule has 3 nitrogen and oxygen atoms in total. The maximum atomic E-state index is 8.83. The van der Waals surface area contributed by atoms with Crippen molar-refractivity contribution in [2.45, 2.75) is 58.5 Å². The summed E-state index contributed by atoms with van der Waals surface area (Å²) in [6, 6.07) is 18.0. The van der Waals surface area contributed by atoms with Gasteiger partial charge < -0.3 is 10.5 Å². The van der Waals surface area contributed by atoms with Crippen LogP contribution in [0, 0.1) is 17.2 Å². The van der Waals surface area contributed by atoms with Gasteiger partial charge in [0.1, 0.15) is 11.9 Å². The Bertz CT molecular complexity index is 714. The van der Waals surface area contributed by atoms with E-state index in [0.717, 1.165) is 25.1 Å². The van der Waals surface area contributed by atoms with E-state index in [9.17, 15) is 0 Å². The van der Waals surface area contributed by atoms with Crippen molar-refractivity contribution in [2.75, 3.05) is 6.54 Å². The molecule has 2 aromatic rings. The topological polar surface area (TPSA) is 59.0 Å². The highest BCUT2D eigenvalue weighted by Crippen LogP contribution is 2.37. The molecule has 0 aliphatic heterocycles. The second-order valence-corrected chi connectivity index (χ2v) is 7.24. The van der Waals surface area contributed by atoms with Crippen LogP contribution in [0.15, 0.2) is 48.5 Å². The first-order chi connectivity index (χ1) is 13.2. The Labute approximate surface area is 164 Å². The molecule has 3 heteroatoms. The number of ether oxygens (including phenoxy) is 1. The van der Waals surface area contributed by atoms with Gasteiger partial charge >= 0.3 is 0 Å². The number of nitrogens with two attached hydrogens (primary N) is 1. The number of aryl methyl sites for hydroxylation is 1. The predicted molar refractivity (Wildman–Crippen MR) is 112 cm³/mol. The van der Waals surface area contributed by atoms with Crippen LogP contribution in [0.3, 0.4) is 0 Å². The van der Waals surface area contributed by atoms with Crippen LogP contribution in [0.1, 0.15) is 68.7 Å². The molecule has 27 heavy (non-hydrogen) atoms. The molecule has 0 bridgehead atoms. The monoisotopic (exact) mass is 364 g/mol. The fourth-order valence-electron chi connectivity index (χ4n) is 3.39. The summed E-state index contributed by atoms with van der Waals surface area (Å²) in [6.45, 7) is 5.31. The molecule has 1 aliphatic rings. The van der Waals surface area contributed by atoms with E-state index < -0.39 is 0 Å². The number of hydrogen-bond donors (Lipinski definition) is 1. The number of benzene rings is 2. The van der Waals surface area contributed by atoms with Gasteiger partial charge in [0, 0.05) is 0 Å². The highest BCUT2D eigenvalue weighted by Gasteiger charge is 2.27. The first kappa shape index (κ1) is 21.0. The number of nitrogens with zero attached hydrogens (tertiary/aromatic N) is 1. The molecule has 0 heterocycles. The molecule has 2 aromatic carbocycles. The summed E-state index contributed by atoms with van der Waals surface area (Å²) < 4.78 is 6.18. The van der Waals surface area contributed by atoms with Crippen LogP contribution in [0.4, 0.5) is 0 Å². The zero-order valence-corrected chi connectivity index (χ0v) is 16.7. The Morgan fingerprint density at radius 1 is 1.07 bits per heavy atom. The molecule has 144 valence electrons. The minimum Gasteiger partial charge on any atom is -0.485 e. The molecule has 1 aliphatic carbocycles. The van der Waals surface area contributed by atoms with Crippen molar-refractivity contribution in [1.29, 1.82) is 5.26 Å². The van der Waals surface area contributed by atoms with Gasteiger partial charge in [0.15, 0.2) is 0 Å². The molecule has 0 aromatic heterocycles. The Hall–Kier alpha value is -2.31. The van der Waals surface area contributed by atoms with E-state index in [4.69, 9.17) is 15.7 Å². The third kappa shape index (κ3) is 6.41. The lowest BCUT2D eigenvalue weighted by Crippen LogP contribution is -2.23. The predicted octanol–water partition coefficient (Wildman–Crippen LogP) is 5.79. The molecule has 3 rings (SSSR count). The molecule has 0 saturated carbocycles. The fourth-order valence-corrected chi connectivity index (χ4v) is 3.39. The molecule has 0 radical (unpaired) electrons. The van der Waals surface area contributed by atoms with Gasteiger partial charge in [-0.25, -0.2) is 0 Å². The molecule has 2 atom stereocenters. The lowest BCUT2D eigenvalue weighted by molar-refractivity contribution is 0.129. The van der Waals surface area contributed by atoms with Crippen LogP contribution in [-0.2, 0) is 6.42 Å². The second kappa shape index (κ2) is 11.4. The van der Waals surface area contributed by atoms with Crippen molar-refractivity contribution in [3.05, 3.63) is 65.2 Å². The highest BCUT2D eigenvalue weighted by molar-refractivity contribution is 5.36. The summed E-state index contributed by atoms with van der Waals surface area (Å²) in [7, 11) is 0. The lowest BCUT2D eigenvalue weighted by atomic mass is 9.82. The molecule has 0 saturated heterocycles. The lowest BCUT2D eigenvalue weighted by Gasteiger charge is -2.31. The average Bonchev–Trinajstić information content (AvgIpc) is 2.71. The van der Waals surface area contributed by atoms with Crippen LogP contribution >= 0.6 is 0 Å². The Balaban J connectivity index is 0.000000321. The normalized spacial score (nSPS) is 17.9. The largest absolute Gasteiger partial charge is 0.485 e. The van der Waals surface area contributed by atoms with E-state index in [0.29, 0.717) is 11.5 Å². The van der Waals surface area contributed by atoms with Gasteiger partial charge in [0.05, 0.1) is 11.6 Å². The maximum absolute atomic E-state index is 8.83. The van der Waals surface area contributed by atoms with Crippen molar-refractivity contribution in [1.82, 2.24) is 0 Å². The van der Waals surface area contributed by atoms with Gasteiger partial charge in [-0.15, -0.1) is 0 Å². The fraction of sp³-hybridized carbons (Fsp3) is 0.458. The minimum absolute atomic E-state index is 0.105. The van der Waals surface area contributed by atoms with Gasteiger partial charge in [-0.2, -0.15) is 5.26 Å². The summed E-state index contributed by atoms with van der Waals surface area (Å²) in [6.07, 6.45) is 7.55. The summed E-state index contributed by atoms with van der Waals surface area (Å²) in [5.74, 6) is 1.33. The van der Waals surface area contributed by atoms with E-state index in [2.05, 4.69) is 44.2 Å². The van der Waals surface area contributed by atoms with E-state index in [1.54, 1.807) is 12.1 Å². The zero-order valence-electron chi connectivity index (χ0n) is 16.7. The third-order valence-corrected chi connectivity index (χ3v) is 5.05. The minimum atomic E-state index is 0.105. The smallest absolute Gasteiger partial charge is 0.127 e. The summed E-state index contributed by atoms with van der Waals surface area (Å²) in [4.78, 5) is 0. The first-order valence-electron chi connectivity index (χ1n) is 10.1. The molecule has 1 unspecified atom stereocenters. The molecule has 0 spiro atoms. The first-order valence-corrected chi connectivity index (χ1v) is 10.1. The van der Waals surface area contributed by atoms with Crippen molar-refractivity contribution < 1.29 is 4.74 Å². The van der Waals surface area contributed by atoms with Gasteiger partial charge in [0.2, 0.25) is 0 Å². The van der Waals surface area contributed by atoms with Gasteiger partial charge in [0.25, 0.3) is 0 Å². The zero-order chi connectivity index (χ0) is 19.5. The Morgan fingerprint density at radius 2 is 1.81 bits per heavy atom. The molecular formula is C24H32N2O. The second-order valence-electron chi connectivity index (χ2n) is 7.24. The standard InChI is InChI=1S/C18H17NO.C6H15N/c1-13-6-9-15-4-2-3-5-17(15)18(13)20-16-10-7-14(12-19)8-11-16;1-2-3-4-5-6-7/h2-5,7-8,10-11,13,18H,6,9H2,1H3;2-7H2,1H3/t13?,18-;/m1./s1. The van der Waals surface area contributed by atoms with Crippen LogP contribution < -0.4 is 10.5 Å². The van der Waals surface area contributed by atoms with Crippen molar-refractivity contribution >= 4 is 0 Å². The molecule has 0 fully saturated rings. The number of nitriles is 1. The van der Waals surface area contributed by atoms with Crippen molar-refractivity contribution in [3.63, 3.8) is 0 Å². The average molecular weight is 365 g/mol. The summed E-state index contributed by atoms with van der Waals surface area (Å²) in [5, 5.41) is 8.83. The molecule has 2 N–H and O–H groups in total. The SMILES string of the molecule is CC1CCc2ccccc2[C@@H]1Oc1ccc(C#N)cc1.CCCCCCN. The number of hydrogen-bond acceptors (Lipinski definition) is 3. The van der Waals surface area contributed by atoms with Crippen LogP contribution in [0.5, 0.6) is 5.75 Å². The van der Waals surface area contributed by atoms with Crippen LogP contribution in [-0.4, -0.2) is 6.54 Å². The number of fused-ring (bicyclic) bond motifs is 1. The van der Waals surface area contributed by atoms with Crippen LogP contribution in [0.2, 0.25) is 0 Å². The van der Waals surface area contributed by atoms with E-state index in [-0.39, 0.29) is 6.10 Å². The Morgan fingerprint density at radius 3 is 2.48 bits per heavy atom. The van der Waals surface area contributed by atoms with Crippen LogP contribution in [0.25, 0.3) is 0 Å². The van der Waals surface area contributed by atoms with Gasteiger partial charge in [-0.1, -0.05) is 57.4 Å². The maximum Gasteiger partial charge on any atom is 0.127 e. The summed E-state index contributed by atoms with van der Waals surface area (Å²) in [5.41, 5.74) is 8.63. The number of unbranched alkanes of at least 4 members (excludes halogenated alkanes) is 3. The quantitative estimate of drug-likeness (QED) is 0.660. The van der Waals surface area contributed by atoms with E-state index in [1.165, 1.54) is 36.8 Å². The molecular weight excluding hydrogens is 332 g/mol. The van der Waals surface area contributed by atoms with Crippen molar-refractivity contribution in [2.24, 2.45) is 11.7 Å². The molecule has 0 amide bonds. The highest BCUT2D eigenvalue weighted by atomic mass is 16.5. The Kier molecular flexibility index (Phi) is 8.87. The van der Waals surface area contributed by atoms with Crippen molar-refractivity contribution in [3.8, 4) is 11.8 Å². The third-order valence-electron chi connectivity index (χ3n) is 5.05. The van der Waals surface area contributed by atoms with E-state index in [1.807, 2.05) is 12.1 Å². The van der Waals surface area contributed by atoms with E-state index >= 15 is 0 Å².